The first-order chi connectivity index (χ1) is 10.4. The lowest BCUT2D eigenvalue weighted by Crippen LogP contribution is -1.90. The summed E-state index contributed by atoms with van der Waals surface area (Å²) in [5, 5.41) is 2.25. The normalized spacial score (nSPS) is 10.9. The Morgan fingerprint density at radius 1 is 0.905 bits per heavy atom. The first-order valence-electron chi connectivity index (χ1n) is 6.76. The van der Waals surface area contributed by atoms with Crippen LogP contribution in [0.15, 0.2) is 77.7 Å². The van der Waals surface area contributed by atoms with Gasteiger partial charge in [-0.3, -0.25) is 4.98 Å². The molecule has 21 heavy (non-hydrogen) atoms. The number of pyridine rings is 2. The van der Waals surface area contributed by atoms with Crippen molar-refractivity contribution >= 4 is 10.8 Å². The first-order valence-corrected chi connectivity index (χ1v) is 6.76. The highest BCUT2D eigenvalue weighted by molar-refractivity contribution is 5.96. The van der Waals surface area contributed by atoms with Crippen molar-refractivity contribution in [3.8, 4) is 22.7 Å². The van der Waals surface area contributed by atoms with E-state index < -0.39 is 0 Å². The third-order valence-electron chi connectivity index (χ3n) is 3.45. The lowest BCUT2D eigenvalue weighted by atomic mass is 10.0. The molecule has 3 heterocycles. The highest BCUT2D eigenvalue weighted by atomic mass is 16.3. The molecule has 0 atom stereocenters. The fourth-order valence-electron chi connectivity index (χ4n) is 2.47. The third kappa shape index (κ3) is 2.09. The summed E-state index contributed by atoms with van der Waals surface area (Å²) >= 11 is 0. The fraction of sp³-hybridized carbons (Fsp3) is 0. The second kappa shape index (κ2) is 4.87. The lowest BCUT2D eigenvalue weighted by molar-refractivity contribution is 0.580. The van der Waals surface area contributed by atoms with Crippen LogP contribution < -0.4 is 0 Å². The van der Waals surface area contributed by atoms with E-state index in [9.17, 15) is 0 Å². The molecule has 1 aromatic carbocycles. The van der Waals surface area contributed by atoms with Gasteiger partial charge in [-0.2, -0.15) is 0 Å². The largest absolute Gasteiger partial charge is 0.463 e. The average molecular weight is 272 g/mol. The summed E-state index contributed by atoms with van der Waals surface area (Å²) in [7, 11) is 0. The van der Waals surface area contributed by atoms with E-state index in [4.69, 9.17) is 9.40 Å². The van der Waals surface area contributed by atoms with Gasteiger partial charge < -0.3 is 4.42 Å². The summed E-state index contributed by atoms with van der Waals surface area (Å²) in [6.45, 7) is 0. The van der Waals surface area contributed by atoms with Gasteiger partial charge in [0, 0.05) is 23.3 Å². The Balaban J connectivity index is 2.04. The van der Waals surface area contributed by atoms with E-state index in [2.05, 4.69) is 17.1 Å². The molecule has 0 aliphatic rings. The zero-order chi connectivity index (χ0) is 14.1. The number of aromatic nitrogens is 2. The molecule has 0 aliphatic carbocycles. The number of hydrogen-bond acceptors (Lipinski definition) is 3. The van der Waals surface area contributed by atoms with Gasteiger partial charge in [-0.15, -0.1) is 0 Å². The molecular formula is C18H12N2O. The van der Waals surface area contributed by atoms with Crippen LogP contribution in [-0.4, -0.2) is 9.97 Å². The van der Waals surface area contributed by atoms with Crippen LogP contribution in [0.5, 0.6) is 0 Å². The quantitative estimate of drug-likeness (QED) is 0.537. The SMILES string of the molecule is c1cncc(-c2nc(-c3ccco3)cc3ccccc23)c1. The average Bonchev–Trinajstić information content (AvgIpc) is 3.09. The van der Waals surface area contributed by atoms with E-state index in [0.29, 0.717) is 0 Å². The molecular weight excluding hydrogens is 260 g/mol. The topological polar surface area (TPSA) is 38.9 Å². The summed E-state index contributed by atoms with van der Waals surface area (Å²) < 4.78 is 5.48. The van der Waals surface area contributed by atoms with E-state index in [1.165, 1.54) is 0 Å². The van der Waals surface area contributed by atoms with E-state index >= 15 is 0 Å². The second-order valence-electron chi connectivity index (χ2n) is 4.80. The minimum atomic E-state index is 0.769. The molecule has 4 rings (SSSR count). The van der Waals surface area contributed by atoms with Crippen LogP contribution in [0.2, 0.25) is 0 Å². The van der Waals surface area contributed by atoms with Crippen LogP contribution in [0.4, 0.5) is 0 Å². The van der Waals surface area contributed by atoms with Crippen LogP contribution in [0, 0.1) is 0 Å². The van der Waals surface area contributed by atoms with Crippen LogP contribution in [0.3, 0.4) is 0 Å². The van der Waals surface area contributed by atoms with Gasteiger partial charge in [0.05, 0.1) is 12.0 Å². The maximum Gasteiger partial charge on any atom is 0.152 e. The van der Waals surface area contributed by atoms with E-state index in [1.807, 2.05) is 48.7 Å². The van der Waals surface area contributed by atoms with E-state index in [0.717, 1.165) is 33.5 Å². The molecule has 0 unspecified atom stereocenters. The lowest BCUT2D eigenvalue weighted by Gasteiger charge is -2.08. The standard InChI is InChI=1S/C18H12N2O/c1-2-7-15-13(5-1)11-16(17-8-4-10-21-17)20-18(15)14-6-3-9-19-12-14/h1-12H. The number of benzene rings is 1. The summed E-state index contributed by atoms with van der Waals surface area (Å²) in [6, 6.07) is 18.0. The van der Waals surface area contributed by atoms with Crippen molar-refractivity contribution in [2.75, 3.05) is 0 Å². The zero-order valence-electron chi connectivity index (χ0n) is 11.2. The number of rotatable bonds is 2. The molecule has 0 saturated heterocycles. The molecule has 3 aromatic heterocycles. The summed E-state index contributed by atoms with van der Waals surface area (Å²) in [6.07, 6.45) is 5.26. The Kier molecular flexibility index (Phi) is 2.75. The molecule has 0 spiro atoms. The molecule has 3 heteroatoms. The van der Waals surface area contributed by atoms with Crippen LogP contribution in [0.25, 0.3) is 33.5 Å². The Morgan fingerprint density at radius 3 is 2.67 bits per heavy atom. The molecule has 0 bridgehead atoms. The predicted molar refractivity (Wildman–Crippen MR) is 82.7 cm³/mol. The molecule has 100 valence electrons. The summed E-state index contributed by atoms with van der Waals surface area (Å²) in [5.74, 6) is 0.769. The Bertz CT molecular complexity index is 884. The second-order valence-corrected chi connectivity index (χ2v) is 4.80. The fourth-order valence-corrected chi connectivity index (χ4v) is 2.47. The minimum absolute atomic E-state index is 0.769. The molecule has 3 nitrogen and oxygen atoms in total. The number of hydrogen-bond donors (Lipinski definition) is 0. The number of fused-ring (bicyclic) bond motifs is 1. The van der Waals surface area contributed by atoms with Crippen molar-refractivity contribution in [2.24, 2.45) is 0 Å². The molecule has 0 N–H and O–H groups in total. The van der Waals surface area contributed by atoms with Crippen molar-refractivity contribution in [3.05, 3.63) is 73.3 Å². The van der Waals surface area contributed by atoms with Crippen LogP contribution >= 0.6 is 0 Å². The monoisotopic (exact) mass is 272 g/mol. The zero-order valence-corrected chi connectivity index (χ0v) is 11.2. The predicted octanol–water partition coefficient (Wildman–Crippen LogP) is 4.56. The van der Waals surface area contributed by atoms with Gasteiger partial charge in [0.2, 0.25) is 0 Å². The maximum atomic E-state index is 5.48. The highest BCUT2D eigenvalue weighted by Gasteiger charge is 2.10. The minimum Gasteiger partial charge on any atom is -0.463 e. The van der Waals surface area contributed by atoms with Crippen molar-refractivity contribution in [3.63, 3.8) is 0 Å². The van der Waals surface area contributed by atoms with Crippen molar-refractivity contribution in [2.45, 2.75) is 0 Å². The molecule has 0 radical (unpaired) electrons. The number of furan rings is 1. The third-order valence-corrected chi connectivity index (χ3v) is 3.45. The van der Waals surface area contributed by atoms with Gasteiger partial charge in [0.15, 0.2) is 5.76 Å². The van der Waals surface area contributed by atoms with Crippen molar-refractivity contribution in [1.29, 1.82) is 0 Å². The molecule has 0 amide bonds. The van der Waals surface area contributed by atoms with Gasteiger partial charge in [-0.25, -0.2) is 4.98 Å². The Morgan fingerprint density at radius 2 is 1.86 bits per heavy atom. The van der Waals surface area contributed by atoms with Gasteiger partial charge >= 0.3 is 0 Å². The van der Waals surface area contributed by atoms with E-state index in [1.54, 1.807) is 12.5 Å². The van der Waals surface area contributed by atoms with Crippen molar-refractivity contribution in [1.82, 2.24) is 9.97 Å². The van der Waals surface area contributed by atoms with Gasteiger partial charge in [0.25, 0.3) is 0 Å². The molecule has 0 saturated carbocycles. The molecule has 4 aromatic rings. The molecule has 0 fully saturated rings. The smallest absolute Gasteiger partial charge is 0.152 e. The van der Waals surface area contributed by atoms with Crippen LogP contribution in [-0.2, 0) is 0 Å². The van der Waals surface area contributed by atoms with Gasteiger partial charge in [-0.05, 0) is 35.7 Å². The van der Waals surface area contributed by atoms with Gasteiger partial charge in [0.1, 0.15) is 5.69 Å². The van der Waals surface area contributed by atoms with Crippen molar-refractivity contribution < 1.29 is 4.42 Å². The summed E-state index contributed by atoms with van der Waals surface area (Å²) in [5.41, 5.74) is 2.76. The highest BCUT2D eigenvalue weighted by Crippen LogP contribution is 2.30. The van der Waals surface area contributed by atoms with Gasteiger partial charge in [-0.1, -0.05) is 24.3 Å². The summed E-state index contributed by atoms with van der Waals surface area (Å²) in [4.78, 5) is 8.98. The first kappa shape index (κ1) is 11.9. The Labute approximate surface area is 121 Å². The maximum absolute atomic E-state index is 5.48. The number of nitrogens with zero attached hydrogens (tertiary/aromatic N) is 2. The Hall–Kier alpha value is -2.94. The van der Waals surface area contributed by atoms with Crippen LogP contribution in [0.1, 0.15) is 0 Å². The van der Waals surface area contributed by atoms with E-state index in [-0.39, 0.29) is 0 Å². The molecule has 0 aliphatic heterocycles.